The molecule has 0 bridgehead atoms. The molecule has 23 heavy (non-hydrogen) atoms. The fourth-order valence-corrected chi connectivity index (χ4v) is 5.17. The molecule has 0 aromatic heterocycles. The van der Waals surface area contributed by atoms with Gasteiger partial charge in [-0.15, -0.1) is 11.8 Å². The van der Waals surface area contributed by atoms with E-state index in [0.717, 1.165) is 30.6 Å². The lowest BCUT2D eigenvalue weighted by Crippen LogP contribution is -2.51. The topological polar surface area (TPSA) is 40.6 Å². The number of nitrogens with zero attached hydrogens (tertiary/aromatic N) is 2. The number of fused-ring (bicyclic) bond motifs is 1. The Bertz CT molecular complexity index is 631. The number of hydrogen-bond acceptors (Lipinski definition) is 3. The summed E-state index contributed by atoms with van der Waals surface area (Å²) < 4.78 is 0. The molecule has 1 aliphatic carbocycles. The first-order valence-electron chi connectivity index (χ1n) is 8.39. The Balaban J connectivity index is 1.55. The molecule has 3 aliphatic rings. The maximum Gasteiger partial charge on any atom is 0.246 e. The zero-order chi connectivity index (χ0) is 16.0. The molecule has 2 aliphatic heterocycles. The largest absolute Gasteiger partial charge is 0.334 e. The molecule has 1 aromatic rings. The average molecular weight is 330 g/mol. The number of amides is 2. The van der Waals surface area contributed by atoms with Crippen molar-refractivity contribution in [1.29, 1.82) is 0 Å². The van der Waals surface area contributed by atoms with E-state index in [9.17, 15) is 9.59 Å². The molecule has 2 heterocycles. The van der Waals surface area contributed by atoms with E-state index in [1.807, 2.05) is 28.0 Å². The quantitative estimate of drug-likeness (QED) is 0.852. The van der Waals surface area contributed by atoms with Crippen molar-refractivity contribution in [2.24, 2.45) is 0 Å². The normalized spacial score (nSPS) is 29.7. The third-order valence-electron chi connectivity index (χ3n) is 5.20. The van der Waals surface area contributed by atoms with Crippen LogP contribution >= 0.6 is 11.8 Å². The van der Waals surface area contributed by atoms with Crippen LogP contribution in [0.25, 0.3) is 0 Å². The Morgan fingerprint density at radius 2 is 2.09 bits per heavy atom. The Kier molecular flexibility index (Phi) is 3.63. The van der Waals surface area contributed by atoms with Gasteiger partial charge in [-0.1, -0.05) is 30.3 Å². The minimum absolute atomic E-state index is 0.142. The summed E-state index contributed by atoms with van der Waals surface area (Å²) in [5.74, 6) is 1.02. The van der Waals surface area contributed by atoms with Gasteiger partial charge in [-0.3, -0.25) is 9.59 Å². The maximum atomic E-state index is 13.2. The Labute approximate surface area is 141 Å². The van der Waals surface area contributed by atoms with Crippen LogP contribution in [0.2, 0.25) is 0 Å². The molecule has 1 saturated carbocycles. The molecule has 1 aromatic carbocycles. The van der Waals surface area contributed by atoms with Crippen molar-refractivity contribution in [3.8, 4) is 0 Å². The first-order valence-corrected chi connectivity index (χ1v) is 9.37. The molecule has 0 radical (unpaired) electrons. The highest BCUT2D eigenvalue weighted by molar-refractivity contribution is 8.01. The third kappa shape index (κ3) is 2.65. The maximum absolute atomic E-state index is 13.2. The zero-order valence-electron chi connectivity index (χ0n) is 13.4. The molecule has 2 atom stereocenters. The highest BCUT2D eigenvalue weighted by Crippen LogP contribution is 2.48. The lowest BCUT2D eigenvalue weighted by Gasteiger charge is -2.33. The van der Waals surface area contributed by atoms with Crippen LogP contribution in [0.15, 0.2) is 30.3 Å². The summed E-state index contributed by atoms with van der Waals surface area (Å²) in [7, 11) is 0. The van der Waals surface area contributed by atoms with Crippen molar-refractivity contribution >= 4 is 23.6 Å². The van der Waals surface area contributed by atoms with E-state index in [0.29, 0.717) is 19.0 Å². The molecular formula is C18H22N2O2S. The van der Waals surface area contributed by atoms with E-state index in [2.05, 4.69) is 19.1 Å². The highest BCUT2D eigenvalue weighted by atomic mass is 32.2. The van der Waals surface area contributed by atoms with Gasteiger partial charge in [-0.2, -0.15) is 0 Å². The van der Waals surface area contributed by atoms with Crippen molar-refractivity contribution in [2.75, 3.05) is 5.75 Å². The lowest BCUT2D eigenvalue weighted by atomic mass is 10.1. The number of carbonyl (C=O) groups is 2. The summed E-state index contributed by atoms with van der Waals surface area (Å²) in [6.45, 7) is 2.76. The van der Waals surface area contributed by atoms with Crippen molar-refractivity contribution in [2.45, 2.75) is 56.1 Å². The van der Waals surface area contributed by atoms with Gasteiger partial charge < -0.3 is 9.80 Å². The van der Waals surface area contributed by atoms with E-state index < -0.39 is 0 Å². The monoisotopic (exact) mass is 330 g/mol. The van der Waals surface area contributed by atoms with Gasteiger partial charge in [0.05, 0.1) is 4.87 Å². The predicted molar refractivity (Wildman–Crippen MR) is 90.7 cm³/mol. The average Bonchev–Trinajstić information content (AvgIpc) is 3.27. The van der Waals surface area contributed by atoms with Crippen LogP contribution in [0.1, 0.15) is 38.2 Å². The van der Waals surface area contributed by atoms with Gasteiger partial charge in [-0.25, -0.2) is 0 Å². The van der Waals surface area contributed by atoms with Gasteiger partial charge in [0.15, 0.2) is 0 Å². The molecule has 4 rings (SSSR count). The molecule has 2 amide bonds. The van der Waals surface area contributed by atoms with Gasteiger partial charge >= 0.3 is 0 Å². The van der Waals surface area contributed by atoms with Crippen molar-refractivity contribution in [3.05, 3.63) is 35.9 Å². The number of benzene rings is 1. The van der Waals surface area contributed by atoms with Crippen molar-refractivity contribution in [1.82, 2.24) is 9.80 Å². The zero-order valence-corrected chi connectivity index (χ0v) is 14.2. The second kappa shape index (κ2) is 5.55. The number of rotatable bonds is 4. The van der Waals surface area contributed by atoms with Crippen LogP contribution in [-0.4, -0.2) is 44.3 Å². The van der Waals surface area contributed by atoms with E-state index in [1.165, 1.54) is 0 Å². The number of thioether (sulfide) groups is 1. The molecule has 5 heteroatoms. The molecular weight excluding hydrogens is 308 g/mol. The molecule has 4 nitrogen and oxygen atoms in total. The van der Waals surface area contributed by atoms with Gasteiger partial charge in [0.1, 0.15) is 6.04 Å². The van der Waals surface area contributed by atoms with Crippen LogP contribution in [0.3, 0.4) is 0 Å². The Hall–Kier alpha value is -1.49. The molecule has 122 valence electrons. The summed E-state index contributed by atoms with van der Waals surface area (Å²) in [6, 6.07) is 10.2. The summed E-state index contributed by atoms with van der Waals surface area (Å²) in [6.07, 6.45) is 3.62. The first-order chi connectivity index (χ1) is 11.1. The minimum atomic E-state index is -0.274. The Morgan fingerprint density at radius 3 is 2.78 bits per heavy atom. The smallest absolute Gasteiger partial charge is 0.246 e. The van der Waals surface area contributed by atoms with Crippen molar-refractivity contribution in [3.63, 3.8) is 0 Å². The van der Waals surface area contributed by atoms with Gasteiger partial charge in [0.25, 0.3) is 0 Å². The van der Waals surface area contributed by atoms with Crippen LogP contribution in [0, 0.1) is 0 Å². The van der Waals surface area contributed by atoms with Crippen LogP contribution < -0.4 is 0 Å². The molecule has 0 unspecified atom stereocenters. The van der Waals surface area contributed by atoms with E-state index in [4.69, 9.17) is 0 Å². The summed E-state index contributed by atoms with van der Waals surface area (Å²) >= 11 is 1.77. The fourth-order valence-electron chi connectivity index (χ4n) is 3.75. The fraction of sp³-hybridized carbons (Fsp3) is 0.556. The van der Waals surface area contributed by atoms with Gasteiger partial charge in [-0.05, 0) is 31.7 Å². The van der Waals surface area contributed by atoms with E-state index in [1.54, 1.807) is 11.8 Å². The second-order valence-corrected chi connectivity index (χ2v) is 8.45. The van der Waals surface area contributed by atoms with Crippen molar-refractivity contribution < 1.29 is 9.59 Å². The summed E-state index contributed by atoms with van der Waals surface area (Å²) in [5.41, 5.74) is 1.16. The molecule has 0 spiro atoms. The molecule has 3 fully saturated rings. The van der Waals surface area contributed by atoms with Gasteiger partial charge in [0.2, 0.25) is 11.8 Å². The summed E-state index contributed by atoms with van der Waals surface area (Å²) in [5, 5.41) is 0. The molecule has 2 saturated heterocycles. The van der Waals surface area contributed by atoms with E-state index >= 15 is 0 Å². The number of carbonyl (C=O) groups excluding carboxylic acids is 2. The highest BCUT2D eigenvalue weighted by Gasteiger charge is 2.54. The summed E-state index contributed by atoms with van der Waals surface area (Å²) in [4.78, 5) is 29.2. The minimum Gasteiger partial charge on any atom is -0.334 e. The second-order valence-electron chi connectivity index (χ2n) is 6.95. The third-order valence-corrected chi connectivity index (χ3v) is 6.70. The van der Waals surface area contributed by atoms with Crippen LogP contribution in [0.5, 0.6) is 0 Å². The van der Waals surface area contributed by atoms with Gasteiger partial charge in [0, 0.05) is 24.8 Å². The Morgan fingerprint density at radius 1 is 1.35 bits per heavy atom. The predicted octanol–water partition coefficient (Wildman–Crippen LogP) is 2.63. The van der Waals surface area contributed by atoms with Crippen LogP contribution in [-0.2, 0) is 16.1 Å². The van der Waals surface area contributed by atoms with Crippen LogP contribution in [0.4, 0.5) is 0 Å². The lowest BCUT2D eigenvalue weighted by molar-refractivity contribution is -0.144. The molecule has 0 N–H and O–H groups in total. The van der Waals surface area contributed by atoms with E-state index in [-0.39, 0.29) is 22.7 Å². The first kappa shape index (κ1) is 15.1. The SMILES string of the molecule is C[C@]12CCC(=O)N1[C@H](C(=O)N(Cc1ccccc1)C1CC1)CS2. The number of hydrogen-bond donors (Lipinski definition) is 0. The standard InChI is InChI=1S/C18H22N2O2S/c1-18-10-9-16(21)20(18)15(12-23-18)17(22)19(14-7-8-14)11-13-5-3-2-4-6-13/h2-6,14-15H,7-12H2,1H3/t15-,18-/m0/s1.